The third-order valence-electron chi connectivity index (χ3n) is 5.30. The first-order valence-electron chi connectivity index (χ1n) is 9.59. The van der Waals surface area contributed by atoms with Crippen LogP contribution >= 0.6 is 11.6 Å². The molecule has 3 atom stereocenters. The lowest BCUT2D eigenvalue weighted by molar-refractivity contribution is -0.149. The number of esters is 1. The lowest BCUT2D eigenvalue weighted by Crippen LogP contribution is -2.15. The Hall–Kier alpha value is -3.26. The highest BCUT2D eigenvalue weighted by Gasteiger charge is 2.62. The lowest BCUT2D eigenvalue weighted by Gasteiger charge is -2.13. The SMILES string of the molecule is CC1(C)[C@H](C(=O)OC(C#N)c2cccc(Oc3c(F)cc(F)cc3F)n2)[C@@H]1/C=C(\Cl)C(F)(F)F. The number of halogens is 7. The molecule has 0 bridgehead atoms. The molecule has 0 radical (unpaired) electrons. The number of hydrogen-bond donors (Lipinski definition) is 0. The second-order valence-corrected chi connectivity index (χ2v) is 8.39. The van der Waals surface area contributed by atoms with Crippen LogP contribution in [0.1, 0.15) is 25.6 Å². The van der Waals surface area contributed by atoms with Gasteiger partial charge < -0.3 is 9.47 Å². The number of benzene rings is 1. The second kappa shape index (κ2) is 9.18. The number of rotatable bonds is 6. The van der Waals surface area contributed by atoms with Crippen molar-refractivity contribution in [1.82, 2.24) is 4.98 Å². The summed E-state index contributed by atoms with van der Waals surface area (Å²) in [5.41, 5.74) is -1.08. The van der Waals surface area contributed by atoms with Gasteiger partial charge in [0.25, 0.3) is 0 Å². The molecule has 0 aliphatic heterocycles. The first-order valence-corrected chi connectivity index (χ1v) is 9.97. The Bertz CT molecular complexity index is 1170. The van der Waals surface area contributed by atoms with Crippen molar-refractivity contribution in [2.24, 2.45) is 17.3 Å². The zero-order valence-corrected chi connectivity index (χ0v) is 18.2. The van der Waals surface area contributed by atoms with Gasteiger partial charge in [0, 0.05) is 18.2 Å². The third kappa shape index (κ3) is 5.28. The first kappa shape index (κ1) is 25.4. The number of pyridine rings is 1. The summed E-state index contributed by atoms with van der Waals surface area (Å²) in [6, 6.07) is 6.22. The van der Waals surface area contributed by atoms with Crippen LogP contribution in [0.5, 0.6) is 11.6 Å². The van der Waals surface area contributed by atoms with Crippen molar-refractivity contribution < 1.29 is 40.6 Å². The van der Waals surface area contributed by atoms with E-state index in [4.69, 9.17) is 21.1 Å². The number of nitrogens with zero attached hydrogens (tertiary/aromatic N) is 2. The maximum absolute atomic E-state index is 13.8. The summed E-state index contributed by atoms with van der Waals surface area (Å²) in [6.45, 7) is 3.08. The summed E-state index contributed by atoms with van der Waals surface area (Å²) in [5.74, 6) is -7.97. The monoisotopic (exact) mass is 504 g/mol. The van der Waals surface area contributed by atoms with Crippen LogP contribution in [0.4, 0.5) is 26.3 Å². The van der Waals surface area contributed by atoms with Gasteiger partial charge >= 0.3 is 12.1 Å². The number of carbonyl (C=O) groups excluding carboxylic acids is 1. The largest absolute Gasteiger partial charge is 0.440 e. The van der Waals surface area contributed by atoms with Crippen LogP contribution in [-0.2, 0) is 9.53 Å². The van der Waals surface area contributed by atoms with Crippen molar-refractivity contribution in [2.45, 2.75) is 26.1 Å². The van der Waals surface area contributed by atoms with Crippen LogP contribution in [-0.4, -0.2) is 17.1 Å². The molecule has 0 N–H and O–H groups in total. The molecule has 1 saturated carbocycles. The molecule has 0 spiro atoms. The molecule has 180 valence electrons. The van der Waals surface area contributed by atoms with Crippen LogP contribution in [0, 0.1) is 46.0 Å². The van der Waals surface area contributed by atoms with Crippen LogP contribution in [0.15, 0.2) is 41.4 Å². The normalized spacial score (nSPS) is 20.3. The fourth-order valence-electron chi connectivity index (χ4n) is 3.40. The Balaban J connectivity index is 1.77. The third-order valence-corrected chi connectivity index (χ3v) is 5.64. The molecule has 0 saturated heterocycles. The van der Waals surface area contributed by atoms with Crippen molar-refractivity contribution in [3.05, 3.63) is 64.6 Å². The van der Waals surface area contributed by atoms with Gasteiger partial charge in [0.1, 0.15) is 16.9 Å². The molecule has 12 heteroatoms. The fraction of sp³-hybridized carbons (Fsp3) is 0.318. The molecular formula is C22H15ClF6N2O3. The highest BCUT2D eigenvalue weighted by molar-refractivity contribution is 6.30. The minimum absolute atomic E-state index is 0.171. The highest BCUT2D eigenvalue weighted by Crippen LogP contribution is 2.60. The van der Waals surface area contributed by atoms with Gasteiger partial charge in [0.05, 0.1) is 11.6 Å². The smallest absolute Gasteiger partial charge is 0.426 e. The Kier molecular flexibility index (Phi) is 6.85. The van der Waals surface area contributed by atoms with Crippen LogP contribution in [0.25, 0.3) is 0 Å². The maximum atomic E-state index is 13.8. The van der Waals surface area contributed by atoms with Gasteiger partial charge in [-0.15, -0.1) is 0 Å². The molecule has 3 rings (SSSR count). The van der Waals surface area contributed by atoms with Crippen molar-refractivity contribution in [3.63, 3.8) is 0 Å². The van der Waals surface area contributed by atoms with Crippen molar-refractivity contribution in [2.75, 3.05) is 0 Å². The molecule has 1 unspecified atom stereocenters. The van der Waals surface area contributed by atoms with E-state index in [-0.39, 0.29) is 11.6 Å². The van der Waals surface area contributed by atoms with E-state index in [9.17, 15) is 36.4 Å². The predicted molar refractivity (Wildman–Crippen MR) is 106 cm³/mol. The van der Waals surface area contributed by atoms with Crippen molar-refractivity contribution in [3.8, 4) is 17.7 Å². The topological polar surface area (TPSA) is 72.2 Å². The Morgan fingerprint density at radius 3 is 2.41 bits per heavy atom. The zero-order chi connectivity index (χ0) is 25.4. The number of aromatic nitrogens is 1. The van der Waals surface area contributed by atoms with Crippen LogP contribution in [0.2, 0.25) is 0 Å². The summed E-state index contributed by atoms with van der Waals surface area (Å²) in [7, 11) is 0. The number of hydrogen-bond acceptors (Lipinski definition) is 5. The van der Waals surface area contributed by atoms with Crippen LogP contribution in [0.3, 0.4) is 0 Å². The molecule has 1 aromatic heterocycles. The average molecular weight is 505 g/mol. The number of alkyl halides is 3. The van der Waals surface area contributed by atoms with E-state index in [1.54, 1.807) is 19.9 Å². The van der Waals surface area contributed by atoms with Crippen molar-refractivity contribution >= 4 is 17.6 Å². The quantitative estimate of drug-likeness (QED) is 0.338. The summed E-state index contributed by atoms with van der Waals surface area (Å²) in [4.78, 5) is 16.5. The molecule has 34 heavy (non-hydrogen) atoms. The zero-order valence-electron chi connectivity index (χ0n) is 17.5. The molecule has 1 aliphatic carbocycles. The Labute approximate surface area is 194 Å². The number of allylic oxidation sites excluding steroid dienone is 2. The number of carbonyl (C=O) groups is 1. The first-order chi connectivity index (χ1) is 15.8. The van der Waals surface area contributed by atoms with E-state index in [1.165, 1.54) is 18.2 Å². The molecule has 1 fully saturated rings. The molecule has 2 aromatic rings. The van der Waals surface area contributed by atoms with E-state index >= 15 is 0 Å². The highest BCUT2D eigenvalue weighted by atomic mass is 35.5. The van der Waals surface area contributed by atoms with E-state index in [0.717, 1.165) is 6.08 Å². The molecule has 1 heterocycles. The van der Waals surface area contributed by atoms with Gasteiger partial charge in [-0.3, -0.25) is 4.79 Å². The Morgan fingerprint density at radius 1 is 1.24 bits per heavy atom. The number of ether oxygens (including phenoxy) is 2. The molecule has 5 nitrogen and oxygen atoms in total. The van der Waals surface area contributed by atoms with Gasteiger partial charge in [-0.25, -0.2) is 18.2 Å². The van der Waals surface area contributed by atoms with Gasteiger partial charge in [-0.2, -0.15) is 18.4 Å². The van der Waals surface area contributed by atoms with Gasteiger partial charge in [0.2, 0.25) is 17.7 Å². The van der Waals surface area contributed by atoms with E-state index in [1.807, 2.05) is 0 Å². The molecule has 1 aliphatic rings. The number of nitriles is 1. The van der Waals surface area contributed by atoms with E-state index < -0.39 is 63.7 Å². The van der Waals surface area contributed by atoms with Gasteiger partial charge in [-0.05, 0) is 17.4 Å². The summed E-state index contributed by atoms with van der Waals surface area (Å²) in [6.07, 6.45) is -5.64. The average Bonchev–Trinajstić information content (AvgIpc) is 3.28. The summed E-state index contributed by atoms with van der Waals surface area (Å²) < 4.78 is 89.0. The molecule has 1 aromatic carbocycles. The van der Waals surface area contributed by atoms with Crippen LogP contribution < -0.4 is 4.74 Å². The summed E-state index contributed by atoms with van der Waals surface area (Å²) in [5, 5.41) is 8.06. The lowest BCUT2D eigenvalue weighted by atomic mass is 10.1. The molecule has 0 amide bonds. The van der Waals surface area contributed by atoms with Gasteiger partial charge in [0.15, 0.2) is 11.6 Å². The Morgan fingerprint density at radius 2 is 1.85 bits per heavy atom. The van der Waals surface area contributed by atoms with Crippen molar-refractivity contribution in [1.29, 1.82) is 5.26 Å². The predicted octanol–water partition coefficient (Wildman–Crippen LogP) is 6.36. The van der Waals surface area contributed by atoms with E-state index in [2.05, 4.69) is 4.98 Å². The minimum atomic E-state index is -4.77. The maximum Gasteiger partial charge on any atom is 0.426 e. The van der Waals surface area contributed by atoms with E-state index in [0.29, 0.717) is 12.1 Å². The standard InChI is InChI=1S/C22H15ClF6N2O3/c1-21(2)11(8-16(23)22(27,28)29)18(21)20(32)33-15(9-30)14-4-3-5-17(31-14)34-19-12(25)6-10(24)7-13(19)26/h3-8,11,15,18H,1-2H3/b16-8-/t11-,15?,18-/m0/s1. The fourth-order valence-corrected chi connectivity index (χ4v) is 3.53. The minimum Gasteiger partial charge on any atom is -0.440 e. The molecular weight excluding hydrogens is 490 g/mol. The van der Waals surface area contributed by atoms with Gasteiger partial charge in [-0.1, -0.05) is 37.6 Å². The second-order valence-electron chi connectivity index (χ2n) is 7.98. The summed E-state index contributed by atoms with van der Waals surface area (Å²) >= 11 is 5.27.